The predicted octanol–water partition coefficient (Wildman–Crippen LogP) is 3.46. The van der Waals surface area contributed by atoms with Crippen molar-refractivity contribution < 1.29 is 4.79 Å². The number of halogens is 1. The largest absolute Gasteiger partial charge is 0.330 e. The first-order chi connectivity index (χ1) is 9.32. The molecule has 4 nitrogen and oxygen atoms in total. The molecule has 1 atom stereocenters. The van der Waals surface area contributed by atoms with Gasteiger partial charge in [0.1, 0.15) is 5.82 Å². The molecule has 3 N–H and O–H groups in total. The third-order valence-electron chi connectivity index (χ3n) is 3.45. The first kappa shape index (κ1) is 16.9. The molecule has 0 aliphatic heterocycles. The third kappa shape index (κ3) is 5.88. The van der Waals surface area contributed by atoms with Crippen molar-refractivity contribution in [2.75, 3.05) is 11.9 Å². The number of carbonyl (C=O) groups is 1. The lowest BCUT2D eigenvalue weighted by Gasteiger charge is -2.30. The van der Waals surface area contributed by atoms with E-state index in [2.05, 4.69) is 31.1 Å². The van der Waals surface area contributed by atoms with Crippen LogP contribution >= 0.6 is 11.6 Å². The summed E-state index contributed by atoms with van der Waals surface area (Å²) in [5, 5.41) is 3.33. The molecule has 0 aliphatic carbocycles. The second-order valence-corrected chi connectivity index (χ2v) is 6.52. The minimum atomic E-state index is -0.0361. The molecular weight excluding hydrogens is 274 g/mol. The fourth-order valence-electron chi connectivity index (χ4n) is 2.20. The van der Waals surface area contributed by atoms with Crippen LogP contribution in [0.5, 0.6) is 0 Å². The number of rotatable bonds is 6. The number of carbonyl (C=O) groups excluding carboxylic acids is 1. The molecule has 0 spiro atoms. The molecule has 1 aromatic rings. The average molecular weight is 298 g/mol. The van der Waals surface area contributed by atoms with Gasteiger partial charge in [-0.25, -0.2) is 4.98 Å². The van der Waals surface area contributed by atoms with E-state index in [0.717, 1.165) is 12.8 Å². The lowest BCUT2D eigenvalue weighted by atomic mass is 9.76. The number of hydrogen-bond acceptors (Lipinski definition) is 3. The highest BCUT2D eigenvalue weighted by Crippen LogP contribution is 2.32. The van der Waals surface area contributed by atoms with Crippen LogP contribution in [0.1, 0.15) is 40.0 Å². The minimum absolute atomic E-state index is 0.0361. The Morgan fingerprint density at radius 1 is 1.45 bits per heavy atom. The van der Waals surface area contributed by atoms with E-state index in [1.165, 1.54) is 0 Å². The van der Waals surface area contributed by atoms with Gasteiger partial charge >= 0.3 is 0 Å². The molecule has 1 rings (SSSR count). The molecule has 0 saturated heterocycles. The molecular formula is C15H24ClN3O. The van der Waals surface area contributed by atoms with Crippen LogP contribution in [0, 0.1) is 11.3 Å². The zero-order chi connectivity index (χ0) is 15.2. The van der Waals surface area contributed by atoms with Gasteiger partial charge in [0.05, 0.1) is 0 Å². The van der Waals surface area contributed by atoms with Gasteiger partial charge in [-0.3, -0.25) is 4.79 Å². The summed E-state index contributed by atoms with van der Waals surface area (Å²) in [6, 6.07) is 3.31. The third-order valence-corrected chi connectivity index (χ3v) is 3.68. The van der Waals surface area contributed by atoms with Crippen LogP contribution in [0.25, 0.3) is 0 Å². The second kappa shape index (κ2) is 7.60. The Balaban J connectivity index is 2.50. The van der Waals surface area contributed by atoms with E-state index in [1.54, 1.807) is 18.3 Å². The second-order valence-electron chi connectivity index (χ2n) is 6.09. The highest BCUT2D eigenvalue weighted by molar-refractivity contribution is 6.30. The van der Waals surface area contributed by atoms with E-state index in [9.17, 15) is 4.79 Å². The van der Waals surface area contributed by atoms with E-state index in [1.807, 2.05) is 0 Å². The Labute approximate surface area is 126 Å². The van der Waals surface area contributed by atoms with Gasteiger partial charge in [0.25, 0.3) is 0 Å². The Morgan fingerprint density at radius 3 is 2.70 bits per heavy atom. The molecule has 0 saturated carbocycles. The maximum Gasteiger partial charge on any atom is 0.225 e. The van der Waals surface area contributed by atoms with Crippen LogP contribution in [0.4, 0.5) is 5.82 Å². The summed E-state index contributed by atoms with van der Waals surface area (Å²) in [4.78, 5) is 16.0. The highest BCUT2D eigenvalue weighted by atomic mass is 35.5. The van der Waals surface area contributed by atoms with Gasteiger partial charge < -0.3 is 11.1 Å². The van der Waals surface area contributed by atoms with Gasteiger partial charge in [0.15, 0.2) is 0 Å². The molecule has 20 heavy (non-hydrogen) atoms. The SMILES string of the molecule is CC(C)(C)C(CCN)CCC(=O)Nc1cc(Cl)ccn1. The van der Waals surface area contributed by atoms with Crippen molar-refractivity contribution in [2.24, 2.45) is 17.1 Å². The number of nitrogens with one attached hydrogen (secondary N) is 1. The number of hydrogen-bond donors (Lipinski definition) is 2. The smallest absolute Gasteiger partial charge is 0.225 e. The summed E-state index contributed by atoms with van der Waals surface area (Å²) < 4.78 is 0. The summed E-state index contributed by atoms with van der Waals surface area (Å²) in [6.45, 7) is 7.21. The average Bonchev–Trinajstić information content (AvgIpc) is 2.33. The quantitative estimate of drug-likeness (QED) is 0.845. The standard InChI is InChI=1S/C15H24ClN3O/c1-15(2,3)11(6-8-17)4-5-14(20)19-13-10-12(16)7-9-18-13/h7,9-11H,4-6,8,17H2,1-3H3,(H,18,19,20). The Bertz CT molecular complexity index is 443. The van der Waals surface area contributed by atoms with E-state index in [4.69, 9.17) is 17.3 Å². The van der Waals surface area contributed by atoms with Crippen LogP contribution in [-0.2, 0) is 4.79 Å². The van der Waals surface area contributed by atoms with E-state index in [0.29, 0.717) is 29.7 Å². The molecule has 0 aliphatic rings. The van der Waals surface area contributed by atoms with Gasteiger partial charge in [-0.15, -0.1) is 0 Å². The Hall–Kier alpha value is -1.13. The number of anilines is 1. The summed E-state index contributed by atoms with van der Waals surface area (Å²) in [5.74, 6) is 0.894. The van der Waals surface area contributed by atoms with E-state index in [-0.39, 0.29) is 11.3 Å². The molecule has 1 aromatic heterocycles. The molecule has 1 heterocycles. The van der Waals surface area contributed by atoms with Crippen molar-refractivity contribution in [1.82, 2.24) is 4.98 Å². The van der Waals surface area contributed by atoms with Crippen LogP contribution in [0.15, 0.2) is 18.3 Å². The van der Waals surface area contributed by atoms with Gasteiger partial charge in [-0.2, -0.15) is 0 Å². The summed E-state index contributed by atoms with van der Waals surface area (Å²) in [6.07, 6.45) is 3.81. The fraction of sp³-hybridized carbons (Fsp3) is 0.600. The maximum atomic E-state index is 11.9. The predicted molar refractivity (Wildman–Crippen MR) is 83.7 cm³/mol. The van der Waals surface area contributed by atoms with Crippen molar-refractivity contribution in [3.8, 4) is 0 Å². The maximum absolute atomic E-state index is 11.9. The fourth-order valence-corrected chi connectivity index (χ4v) is 2.36. The molecule has 0 fully saturated rings. The first-order valence-corrected chi connectivity index (χ1v) is 7.32. The van der Waals surface area contributed by atoms with Crippen molar-refractivity contribution in [1.29, 1.82) is 0 Å². The number of amides is 1. The normalized spacial score (nSPS) is 13.1. The van der Waals surface area contributed by atoms with Gasteiger partial charge in [-0.1, -0.05) is 32.4 Å². The minimum Gasteiger partial charge on any atom is -0.330 e. The lowest BCUT2D eigenvalue weighted by molar-refractivity contribution is -0.116. The topological polar surface area (TPSA) is 68.0 Å². The van der Waals surface area contributed by atoms with E-state index < -0.39 is 0 Å². The van der Waals surface area contributed by atoms with Crippen molar-refractivity contribution in [3.63, 3.8) is 0 Å². The van der Waals surface area contributed by atoms with Gasteiger partial charge in [-0.05, 0) is 42.9 Å². The molecule has 0 aromatic carbocycles. The molecule has 112 valence electrons. The highest BCUT2D eigenvalue weighted by Gasteiger charge is 2.24. The summed E-state index contributed by atoms with van der Waals surface area (Å²) in [5.41, 5.74) is 5.81. The van der Waals surface area contributed by atoms with Crippen molar-refractivity contribution in [2.45, 2.75) is 40.0 Å². The molecule has 1 amide bonds. The van der Waals surface area contributed by atoms with Crippen LogP contribution in [0.2, 0.25) is 5.02 Å². The number of pyridine rings is 1. The summed E-state index contributed by atoms with van der Waals surface area (Å²) >= 11 is 5.85. The molecule has 1 unspecified atom stereocenters. The molecule has 5 heteroatoms. The van der Waals surface area contributed by atoms with Crippen LogP contribution < -0.4 is 11.1 Å². The molecule has 0 bridgehead atoms. The van der Waals surface area contributed by atoms with Crippen molar-refractivity contribution >= 4 is 23.3 Å². The number of nitrogens with zero attached hydrogens (tertiary/aromatic N) is 1. The Kier molecular flexibility index (Phi) is 6.43. The summed E-state index contributed by atoms with van der Waals surface area (Å²) in [7, 11) is 0. The Morgan fingerprint density at radius 2 is 2.15 bits per heavy atom. The zero-order valence-corrected chi connectivity index (χ0v) is 13.2. The number of nitrogens with two attached hydrogens (primary N) is 1. The van der Waals surface area contributed by atoms with Crippen molar-refractivity contribution in [3.05, 3.63) is 23.4 Å². The zero-order valence-electron chi connectivity index (χ0n) is 12.4. The van der Waals surface area contributed by atoms with Crippen LogP contribution in [0.3, 0.4) is 0 Å². The lowest BCUT2D eigenvalue weighted by Crippen LogP contribution is -2.25. The molecule has 0 radical (unpaired) electrons. The first-order valence-electron chi connectivity index (χ1n) is 6.94. The van der Waals surface area contributed by atoms with E-state index >= 15 is 0 Å². The van der Waals surface area contributed by atoms with Gasteiger partial charge in [0, 0.05) is 17.6 Å². The number of aromatic nitrogens is 1. The van der Waals surface area contributed by atoms with Crippen LogP contribution in [-0.4, -0.2) is 17.4 Å². The van der Waals surface area contributed by atoms with Gasteiger partial charge in [0.2, 0.25) is 5.91 Å². The monoisotopic (exact) mass is 297 g/mol.